The minimum Gasteiger partial charge on any atom is -0.481 e. The Kier molecular flexibility index (Phi) is 6.95. The molecule has 0 unspecified atom stereocenters. The maximum atomic E-state index is 13.8. The highest BCUT2D eigenvalue weighted by atomic mass is 32.2. The van der Waals surface area contributed by atoms with Crippen LogP contribution in [0.25, 0.3) is 0 Å². The highest BCUT2D eigenvalue weighted by Crippen LogP contribution is 2.50. The zero-order valence-corrected chi connectivity index (χ0v) is 19.4. The van der Waals surface area contributed by atoms with Gasteiger partial charge in [-0.2, -0.15) is 16.1 Å². The van der Waals surface area contributed by atoms with Crippen molar-refractivity contribution in [2.45, 2.75) is 56.3 Å². The number of hydrogen-bond donors (Lipinski definition) is 1. The Morgan fingerprint density at radius 2 is 1.53 bits per heavy atom. The van der Waals surface area contributed by atoms with Gasteiger partial charge in [-0.3, -0.25) is 4.79 Å². The summed E-state index contributed by atoms with van der Waals surface area (Å²) in [7, 11) is -3.89. The first kappa shape index (κ1) is 22.8. The molecule has 30 heavy (non-hydrogen) atoms. The molecule has 1 saturated heterocycles. The highest BCUT2D eigenvalue weighted by molar-refractivity contribution is 8.00. The van der Waals surface area contributed by atoms with E-state index < -0.39 is 34.0 Å². The lowest BCUT2D eigenvalue weighted by Crippen LogP contribution is -2.39. The molecule has 5 nitrogen and oxygen atoms in total. The average molecular weight is 448 g/mol. The van der Waals surface area contributed by atoms with Crippen molar-refractivity contribution in [2.24, 2.45) is 5.92 Å². The molecule has 0 saturated carbocycles. The topological polar surface area (TPSA) is 74.7 Å². The Hall–Kier alpha value is -1.83. The largest absolute Gasteiger partial charge is 0.481 e. The van der Waals surface area contributed by atoms with Crippen molar-refractivity contribution >= 4 is 27.8 Å². The molecule has 0 spiro atoms. The Morgan fingerprint density at radius 3 is 2.00 bits per heavy atom. The fraction of sp³-hybridized carbons (Fsp3) is 0.435. The molecule has 0 bridgehead atoms. The van der Waals surface area contributed by atoms with Crippen molar-refractivity contribution in [2.75, 3.05) is 5.75 Å². The van der Waals surface area contributed by atoms with Crippen molar-refractivity contribution in [3.63, 3.8) is 0 Å². The average Bonchev–Trinajstić information content (AvgIpc) is 3.04. The predicted molar refractivity (Wildman–Crippen MR) is 121 cm³/mol. The summed E-state index contributed by atoms with van der Waals surface area (Å²) in [5, 5.41) is 9.85. The molecule has 1 fully saturated rings. The van der Waals surface area contributed by atoms with Gasteiger partial charge in [-0.05, 0) is 43.7 Å². The van der Waals surface area contributed by atoms with Crippen LogP contribution in [-0.4, -0.2) is 40.8 Å². The van der Waals surface area contributed by atoms with Crippen molar-refractivity contribution in [3.8, 4) is 0 Å². The molecule has 2 aromatic rings. The molecular formula is C23H29NO4S2. The summed E-state index contributed by atoms with van der Waals surface area (Å²) in [6.07, 6.45) is 0.550. The van der Waals surface area contributed by atoms with Gasteiger partial charge in [0.25, 0.3) is 0 Å². The standard InChI is InChI=1S/C23H29NO4S2/c1-5-19-22(29-6-2)20(23(25)26)21(17-11-7-15(3)8-12-17)24(19)30(27,28)18-13-9-16(4)10-14-18/h7-14,19-22H,5-6H2,1-4H3,(H,25,26)/t19-,20+,21+,22-/m1/s1. The number of sulfonamides is 1. The first-order valence-corrected chi connectivity index (χ1v) is 12.7. The van der Waals surface area contributed by atoms with Gasteiger partial charge in [0.05, 0.1) is 16.9 Å². The van der Waals surface area contributed by atoms with Crippen LogP contribution in [0, 0.1) is 19.8 Å². The van der Waals surface area contributed by atoms with Gasteiger partial charge >= 0.3 is 5.97 Å². The second kappa shape index (κ2) is 9.12. The van der Waals surface area contributed by atoms with Crippen LogP contribution in [0.2, 0.25) is 0 Å². The van der Waals surface area contributed by atoms with Crippen LogP contribution in [0.1, 0.15) is 43.0 Å². The van der Waals surface area contributed by atoms with Gasteiger partial charge in [0.2, 0.25) is 10.0 Å². The minimum absolute atomic E-state index is 0.204. The van der Waals surface area contributed by atoms with Gasteiger partial charge in [-0.25, -0.2) is 8.42 Å². The molecular weight excluding hydrogens is 418 g/mol. The number of thioether (sulfide) groups is 1. The molecule has 1 N–H and O–H groups in total. The number of aliphatic carboxylic acids is 1. The number of rotatable bonds is 7. The van der Waals surface area contributed by atoms with Crippen LogP contribution in [-0.2, 0) is 14.8 Å². The molecule has 1 aliphatic heterocycles. The number of hydrogen-bond acceptors (Lipinski definition) is 4. The van der Waals surface area contributed by atoms with Crippen LogP contribution in [0.5, 0.6) is 0 Å². The molecule has 0 aliphatic carbocycles. The maximum Gasteiger partial charge on any atom is 0.309 e. The van der Waals surface area contributed by atoms with E-state index in [1.165, 1.54) is 4.31 Å². The number of benzene rings is 2. The van der Waals surface area contributed by atoms with Crippen LogP contribution in [0.4, 0.5) is 0 Å². The summed E-state index contributed by atoms with van der Waals surface area (Å²) < 4.78 is 29.1. The molecule has 4 atom stereocenters. The lowest BCUT2D eigenvalue weighted by Gasteiger charge is -2.30. The number of nitrogens with zero attached hydrogens (tertiary/aromatic N) is 1. The summed E-state index contributed by atoms with van der Waals surface area (Å²) in [6, 6.07) is 13.2. The second-order valence-corrected chi connectivity index (χ2v) is 11.1. The number of carbonyl (C=O) groups is 1. The Morgan fingerprint density at radius 1 is 1.00 bits per heavy atom. The van der Waals surface area contributed by atoms with E-state index in [2.05, 4.69) is 0 Å². The fourth-order valence-corrected chi connectivity index (χ4v) is 7.69. The molecule has 0 aromatic heterocycles. The van der Waals surface area contributed by atoms with E-state index in [1.807, 2.05) is 52.0 Å². The molecule has 7 heteroatoms. The monoisotopic (exact) mass is 447 g/mol. The Labute approximate surface area is 183 Å². The molecule has 0 radical (unpaired) electrons. The van der Waals surface area contributed by atoms with Crippen molar-refractivity contribution in [1.29, 1.82) is 0 Å². The second-order valence-electron chi connectivity index (χ2n) is 7.76. The van der Waals surface area contributed by atoms with Gasteiger partial charge in [0.1, 0.15) is 0 Å². The number of carboxylic acids is 1. The predicted octanol–water partition coefficient (Wildman–Crippen LogP) is 4.65. The van der Waals surface area contributed by atoms with Crippen LogP contribution >= 0.6 is 11.8 Å². The van der Waals surface area contributed by atoms with E-state index in [0.29, 0.717) is 6.42 Å². The normalized spacial score (nSPS) is 24.8. The Balaban J connectivity index is 2.22. The molecule has 1 heterocycles. The van der Waals surface area contributed by atoms with Crippen LogP contribution in [0.3, 0.4) is 0 Å². The molecule has 1 aliphatic rings. The quantitative estimate of drug-likeness (QED) is 0.669. The highest BCUT2D eigenvalue weighted by Gasteiger charge is 2.56. The van der Waals surface area contributed by atoms with E-state index in [0.717, 1.165) is 22.4 Å². The van der Waals surface area contributed by atoms with Crippen molar-refractivity contribution in [3.05, 3.63) is 65.2 Å². The summed E-state index contributed by atoms with van der Waals surface area (Å²) in [6.45, 7) is 7.78. The van der Waals surface area contributed by atoms with E-state index in [4.69, 9.17) is 0 Å². The van der Waals surface area contributed by atoms with Gasteiger partial charge in [-0.15, -0.1) is 0 Å². The van der Waals surface area contributed by atoms with Crippen LogP contribution < -0.4 is 0 Å². The van der Waals surface area contributed by atoms with E-state index in [1.54, 1.807) is 36.0 Å². The van der Waals surface area contributed by atoms with Gasteiger partial charge in [-0.1, -0.05) is 61.4 Å². The lowest BCUT2D eigenvalue weighted by atomic mass is 9.92. The van der Waals surface area contributed by atoms with E-state index >= 15 is 0 Å². The lowest BCUT2D eigenvalue weighted by molar-refractivity contribution is -0.142. The van der Waals surface area contributed by atoms with Crippen molar-refractivity contribution < 1.29 is 18.3 Å². The van der Waals surface area contributed by atoms with Crippen molar-refractivity contribution in [1.82, 2.24) is 4.31 Å². The third-order valence-corrected chi connectivity index (χ3v) is 9.00. The smallest absolute Gasteiger partial charge is 0.309 e. The van der Waals surface area contributed by atoms with Gasteiger partial charge < -0.3 is 5.11 Å². The first-order valence-electron chi connectivity index (χ1n) is 10.2. The molecule has 2 aromatic carbocycles. The molecule has 3 rings (SSSR count). The van der Waals surface area contributed by atoms with Crippen LogP contribution in [0.15, 0.2) is 53.4 Å². The summed E-state index contributed by atoms with van der Waals surface area (Å²) in [4.78, 5) is 12.6. The van der Waals surface area contributed by atoms with Gasteiger partial charge in [0.15, 0.2) is 0 Å². The minimum atomic E-state index is -3.89. The molecule has 162 valence electrons. The van der Waals surface area contributed by atoms with E-state index in [-0.39, 0.29) is 10.1 Å². The van der Waals surface area contributed by atoms with E-state index in [9.17, 15) is 18.3 Å². The summed E-state index contributed by atoms with van der Waals surface area (Å²) >= 11 is 1.54. The zero-order chi connectivity index (χ0) is 22.1. The number of carboxylic acid groups (broad SMARTS) is 1. The zero-order valence-electron chi connectivity index (χ0n) is 17.8. The summed E-state index contributed by atoms with van der Waals surface area (Å²) in [5.41, 5.74) is 2.74. The summed E-state index contributed by atoms with van der Waals surface area (Å²) in [5.74, 6) is -1.04. The van der Waals surface area contributed by atoms with Gasteiger partial charge in [0, 0.05) is 11.3 Å². The first-order chi connectivity index (χ1) is 14.2. The maximum absolute atomic E-state index is 13.8. The third kappa shape index (κ3) is 4.15. The Bertz CT molecular complexity index is 987. The third-order valence-electron chi connectivity index (χ3n) is 5.75. The SMILES string of the molecule is CCS[C@H]1[C@@H](C(=O)O)[C@H](c2ccc(C)cc2)N(S(=O)(=O)c2ccc(C)cc2)[C@@H]1CC. The number of aryl methyl sites for hydroxylation is 2. The molecule has 0 amide bonds. The fourth-order valence-electron chi connectivity index (χ4n) is 4.30.